The molecule has 2 N–H and O–H groups in total. The summed E-state index contributed by atoms with van der Waals surface area (Å²) in [7, 11) is 0. The van der Waals surface area contributed by atoms with Gasteiger partial charge in [0.25, 0.3) is 0 Å². The number of anilines is 1. The van der Waals surface area contributed by atoms with Crippen LogP contribution in [0.4, 0.5) is 5.82 Å². The van der Waals surface area contributed by atoms with Gasteiger partial charge in [0.2, 0.25) is 0 Å². The third kappa shape index (κ3) is 2.24. The average molecular weight is 273 g/mol. The number of pyridine rings is 1. The quantitative estimate of drug-likeness (QED) is 0.902. The summed E-state index contributed by atoms with van der Waals surface area (Å²) < 4.78 is 1.62. The predicted octanol–water partition coefficient (Wildman–Crippen LogP) is 3.02. The number of aromatic carboxylic acids is 1. The Hall–Kier alpha value is -2.04. The van der Waals surface area contributed by atoms with Gasteiger partial charge in [0.15, 0.2) is 11.5 Å². The van der Waals surface area contributed by atoms with Gasteiger partial charge < -0.3 is 10.4 Å². The maximum absolute atomic E-state index is 11.5. The van der Waals surface area contributed by atoms with Crippen LogP contribution < -0.4 is 5.32 Å². The van der Waals surface area contributed by atoms with Crippen LogP contribution in [0.1, 0.15) is 43.6 Å². The van der Waals surface area contributed by atoms with Crippen LogP contribution in [0.3, 0.4) is 0 Å². The van der Waals surface area contributed by atoms with Crippen LogP contribution in [0.5, 0.6) is 0 Å². The van der Waals surface area contributed by atoms with E-state index in [9.17, 15) is 9.90 Å². The monoisotopic (exact) mass is 273 g/mol. The Labute approximate surface area is 117 Å². The van der Waals surface area contributed by atoms with Crippen LogP contribution in [0.25, 0.3) is 5.65 Å². The van der Waals surface area contributed by atoms with Crippen molar-refractivity contribution in [2.24, 2.45) is 5.41 Å². The molecule has 2 aromatic heterocycles. The SMILES string of the molecule is CC1(C)CCC(Nc2nc3ccccn3c2C(=O)O)C1. The van der Waals surface area contributed by atoms with Gasteiger partial charge in [-0.15, -0.1) is 0 Å². The molecule has 0 aromatic carbocycles. The first kappa shape index (κ1) is 13.0. The molecule has 1 atom stereocenters. The molecule has 20 heavy (non-hydrogen) atoms. The van der Waals surface area contributed by atoms with E-state index < -0.39 is 5.97 Å². The third-order valence-corrected chi connectivity index (χ3v) is 4.04. The van der Waals surface area contributed by atoms with Gasteiger partial charge in [-0.25, -0.2) is 9.78 Å². The molecular formula is C15H19N3O2. The molecule has 1 fully saturated rings. The second-order valence-corrected chi connectivity index (χ2v) is 6.29. The van der Waals surface area contributed by atoms with Gasteiger partial charge in [0, 0.05) is 12.2 Å². The summed E-state index contributed by atoms with van der Waals surface area (Å²) >= 11 is 0. The first-order valence-corrected chi connectivity index (χ1v) is 6.93. The van der Waals surface area contributed by atoms with Crippen LogP contribution >= 0.6 is 0 Å². The fourth-order valence-corrected chi connectivity index (χ4v) is 3.05. The Bertz CT molecular complexity index is 660. The zero-order chi connectivity index (χ0) is 14.3. The first-order chi connectivity index (χ1) is 9.46. The smallest absolute Gasteiger partial charge is 0.356 e. The normalized spacial score (nSPS) is 21.2. The Kier molecular flexibility index (Phi) is 2.92. The summed E-state index contributed by atoms with van der Waals surface area (Å²) in [6.07, 6.45) is 4.98. The molecule has 5 heteroatoms. The lowest BCUT2D eigenvalue weighted by Crippen LogP contribution is -2.19. The van der Waals surface area contributed by atoms with Gasteiger partial charge in [-0.2, -0.15) is 0 Å². The predicted molar refractivity (Wildman–Crippen MR) is 77.2 cm³/mol. The fourth-order valence-electron chi connectivity index (χ4n) is 3.05. The van der Waals surface area contributed by atoms with Crippen molar-refractivity contribution in [3.63, 3.8) is 0 Å². The molecule has 0 aliphatic heterocycles. The van der Waals surface area contributed by atoms with Gasteiger partial charge in [0.05, 0.1) is 0 Å². The number of hydrogen-bond donors (Lipinski definition) is 2. The van der Waals surface area contributed by atoms with Crippen LogP contribution in [0.15, 0.2) is 24.4 Å². The number of fused-ring (bicyclic) bond motifs is 1. The second kappa shape index (κ2) is 4.51. The first-order valence-electron chi connectivity index (χ1n) is 6.93. The minimum Gasteiger partial charge on any atom is -0.476 e. The Morgan fingerprint density at radius 2 is 2.30 bits per heavy atom. The number of rotatable bonds is 3. The van der Waals surface area contributed by atoms with E-state index in [2.05, 4.69) is 24.1 Å². The molecule has 1 aliphatic carbocycles. The lowest BCUT2D eigenvalue weighted by molar-refractivity contribution is 0.0690. The Morgan fingerprint density at radius 1 is 1.50 bits per heavy atom. The van der Waals surface area contributed by atoms with E-state index in [0.29, 0.717) is 22.9 Å². The zero-order valence-corrected chi connectivity index (χ0v) is 11.8. The van der Waals surface area contributed by atoms with Crippen LogP contribution in [-0.2, 0) is 0 Å². The number of aromatic nitrogens is 2. The van der Waals surface area contributed by atoms with E-state index in [1.165, 1.54) is 0 Å². The van der Waals surface area contributed by atoms with Crippen LogP contribution in [-0.4, -0.2) is 26.5 Å². The molecule has 0 spiro atoms. The van der Waals surface area contributed by atoms with E-state index in [1.54, 1.807) is 10.6 Å². The lowest BCUT2D eigenvalue weighted by Gasteiger charge is -2.17. The van der Waals surface area contributed by atoms with E-state index >= 15 is 0 Å². The molecule has 3 rings (SSSR count). The summed E-state index contributed by atoms with van der Waals surface area (Å²) in [6.45, 7) is 4.49. The van der Waals surface area contributed by atoms with Crippen molar-refractivity contribution in [3.8, 4) is 0 Å². The fraction of sp³-hybridized carbons (Fsp3) is 0.467. The standard InChI is InChI=1S/C15H19N3O2/c1-15(2)7-6-10(9-15)16-13-12(14(19)20)18-8-4-3-5-11(18)17-13/h3-5,8,10,16H,6-7,9H2,1-2H3,(H,19,20). The molecule has 1 saturated carbocycles. The topological polar surface area (TPSA) is 66.6 Å². The number of carboxylic acids is 1. The number of nitrogens with zero attached hydrogens (tertiary/aromatic N) is 2. The van der Waals surface area contributed by atoms with Gasteiger partial charge >= 0.3 is 5.97 Å². The molecule has 1 aliphatic rings. The van der Waals surface area contributed by atoms with E-state index in [0.717, 1.165) is 19.3 Å². The van der Waals surface area contributed by atoms with Crippen molar-refractivity contribution in [1.29, 1.82) is 0 Å². The Morgan fingerprint density at radius 3 is 2.95 bits per heavy atom. The van der Waals surface area contributed by atoms with Crippen molar-refractivity contribution < 1.29 is 9.90 Å². The van der Waals surface area contributed by atoms with Gasteiger partial charge in [-0.3, -0.25) is 4.40 Å². The van der Waals surface area contributed by atoms with E-state index in [4.69, 9.17) is 0 Å². The molecule has 1 unspecified atom stereocenters. The molecule has 0 amide bonds. The van der Waals surface area contributed by atoms with Crippen molar-refractivity contribution >= 4 is 17.4 Å². The molecule has 5 nitrogen and oxygen atoms in total. The minimum atomic E-state index is -0.955. The largest absolute Gasteiger partial charge is 0.476 e. The number of hydrogen-bond acceptors (Lipinski definition) is 3. The number of imidazole rings is 1. The summed E-state index contributed by atoms with van der Waals surface area (Å²) in [5.41, 5.74) is 1.19. The van der Waals surface area contributed by atoms with Crippen molar-refractivity contribution in [3.05, 3.63) is 30.1 Å². The highest BCUT2D eigenvalue weighted by molar-refractivity contribution is 5.93. The summed E-state index contributed by atoms with van der Waals surface area (Å²) in [5.74, 6) is -0.477. The average Bonchev–Trinajstić information content (AvgIpc) is 2.89. The summed E-state index contributed by atoms with van der Waals surface area (Å²) in [4.78, 5) is 15.9. The summed E-state index contributed by atoms with van der Waals surface area (Å²) in [5, 5.41) is 12.8. The highest BCUT2D eigenvalue weighted by atomic mass is 16.4. The highest BCUT2D eigenvalue weighted by Gasteiger charge is 2.32. The molecule has 2 heterocycles. The highest BCUT2D eigenvalue weighted by Crippen LogP contribution is 2.38. The number of carboxylic acid groups (broad SMARTS) is 1. The summed E-state index contributed by atoms with van der Waals surface area (Å²) in [6, 6.07) is 5.78. The molecule has 0 saturated heterocycles. The van der Waals surface area contributed by atoms with Crippen molar-refractivity contribution in [2.45, 2.75) is 39.2 Å². The van der Waals surface area contributed by atoms with Gasteiger partial charge in [-0.1, -0.05) is 19.9 Å². The molecular weight excluding hydrogens is 254 g/mol. The number of nitrogens with one attached hydrogen (secondary N) is 1. The molecule has 0 bridgehead atoms. The number of carbonyl (C=O) groups is 1. The van der Waals surface area contributed by atoms with E-state index in [-0.39, 0.29) is 5.69 Å². The maximum atomic E-state index is 11.5. The van der Waals surface area contributed by atoms with E-state index in [1.807, 2.05) is 18.2 Å². The van der Waals surface area contributed by atoms with Crippen LogP contribution in [0, 0.1) is 5.41 Å². The zero-order valence-electron chi connectivity index (χ0n) is 11.8. The van der Waals surface area contributed by atoms with Crippen molar-refractivity contribution in [1.82, 2.24) is 9.38 Å². The van der Waals surface area contributed by atoms with Crippen molar-refractivity contribution in [2.75, 3.05) is 5.32 Å². The maximum Gasteiger partial charge on any atom is 0.356 e. The molecule has 106 valence electrons. The lowest BCUT2D eigenvalue weighted by atomic mass is 9.92. The molecule has 2 aromatic rings. The van der Waals surface area contributed by atoms with Crippen LogP contribution in [0.2, 0.25) is 0 Å². The van der Waals surface area contributed by atoms with Gasteiger partial charge in [0.1, 0.15) is 5.65 Å². The third-order valence-electron chi connectivity index (χ3n) is 4.04. The minimum absolute atomic E-state index is 0.213. The molecule has 0 radical (unpaired) electrons. The van der Waals surface area contributed by atoms with Gasteiger partial charge in [-0.05, 0) is 36.8 Å². The Balaban J connectivity index is 1.95. The second-order valence-electron chi connectivity index (χ2n) is 6.29.